The number of aliphatic hydroxyl groups is 1. The highest BCUT2D eigenvalue weighted by molar-refractivity contribution is 7.10. The molecule has 1 N–H and O–H groups in total. The lowest BCUT2D eigenvalue weighted by Gasteiger charge is -2.25. The molecule has 1 aliphatic heterocycles. The van der Waals surface area contributed by atoms with Gasteiger partial charge in [-0.3, -0.25) is 9.59 Å². The zero-order valence-electron chi connectivity index (χ0n) is 18.0. The number of carbonyl (C=O) groups excluding carboxylic acids is 2. The normalized spacial score (nSPS) is 18.5. The standard InChI is InChI=1S/C25H26N2O3S/c1-16-12-15-31-24(16)21-20(23(29)25(30)27(21)14-7-13-26(2)3)22(28)19-11-6-9-17-8-4-5-10-18(17)19/h4-6,8-12,15,21,28H,7,13-14H2,1-3H3/b22-20+. The molecule has 31 heavy (non-hydrogen) atoms. The molecule has 3 aromatic rings. The van der Waals surface area contributed by atoms with Gasteiger partial charge in [-0.15, -0.1) is 11.3 Å². The number of benzene rings is 2. The van der Waals surface area contributed by atoms with Crippen LogP contribution in [0.5, 0.6) is 0 Å². The summed E-state index contributed by atoms with van der Waals surface area (Å²) in [6.07, 6.45) is 0.745. The number of carbonyl (C=O) groups is 2. The van der Waals surface area contributed by atoms with E-state index in [0.717, 1.165) is 34.2 Å². The maximum absolute atomic E-state index is 13.2. The minimum atomic E-state index is -0.618. The smallest absolute Gasteiger partial charge is 0.295 e. The third-order valence-corrected chi connectivity index (χ3v) is 6.81. The van der Waals surface area contributed by atoms with E-state index in [1.807, 2.05) is 68.9 Å². The van der Waals surface area contributed by atoms with Crippen molar-refractivity contribution in [2.75, 3.05) is 27.2 Å². The topological polar surface area (TPSA) is 60.9 Å². The molecule has 1 aromatic heterocycles. The van der Waals surface area contributed by atoms with Crippen LogP contribution in [0.3, 0.4) is 0 Å². The van der Waals surface area contributed by atoms with E-state index in [1.165, 1.54) is 11.3 Å². The van der Waals surface area contributed by atoms with Crippen LogP contribution in [0.4, 0.5) is 0 Å². The van der Waals surface area contributed by atoms with E-state index in [2.05, 4.69) is 4.90 Å². The van der Waals surface area contributed by atoms with Crippen LogP contribution in [-0.4, -0.2) is 53.8 Å². The summed E-state index contributed by atoms with van der Waals surface area (Å²) >= 11 is 1.51. The van der Waals surface area contributed by atoms with E-state index in [9.17, 15) is 14.7 Å². The Bertz CT molecular complexity index is 1170. The van der Waals surface area contributed by atoms with Crippen LogP contribution in [0.1, 0.15) is 28.5 Å². The number of likely N-dealkylation sites (tertiary alicyclic amines) is 1. The largest absolute Gasteiger partial charge is 0.507 e. The van der Waals surface area contributed by atoms with Crippen LogP contribution >= 0.6 is 11.3 Å². The number of hydrogen-bond acceptors (Lipinski definition) is 5. The lowest BCUT2D eigenvalue weighted by Crippen LogP contribution is -2.32. The number of ketones is 1. The Labute approximate surface area is 186 Å². The molecule has 160 valence electrons. The third kappa shape index (κ3) is 3.89. The predicted octanol–water partition coefficient (Wildman–Crippen LogP) is 4.58. The van der Waals surface area contributed by atoms with E-state index in [1.54, 1.807) is 11.0 Å². The van der Waals surface area contributed by atoms with Gasteiger partial charge in [0.05, 0.1) is 11.6 Å². The number of aryl methyl sites for hydroxylation is 1. The highest BCUT2D eigenvalue weighted by atomic mass is 32.1. The summed E-state index contributed by atoms with van der Waals surface area (Å²) in [5.74, 6) is -1.27. The van der Waals surface area contributed by atoms with Crippen LogP contribution in [0, 0.1) is 6.92 Å². The zero-order valence-corrected chi connectivity index (χ0v) is 18.8. The molecule has 2 heterocycles. The zero-order chi connectivity index (χ0) is 22.1. The van der Waals surface area contributed by atoms with Crippen LogP contribution in [0.15, 0.2) is 59.5 Å². The highest BCUT2D eigenvalue weighted by Gasteiger charge is 2.46. The van der Waals surface area contributed by atoms with Gasteiger partial charge in [0.25, 0.3) is 11.7 Å². The lowest BCUT2D eigenvalue weighted by molar-refractivity contribution is -0.139. The van der Waals surface area contributed by atoms with Crippen molar-refractivity contribution in [3.8, 4) is 0 Å². The van der Waals surface area contributed by atoms with E-state index < -0.39 is 17.7 Å². The maximum atomic E-state index is 13.2. The first kappa shape index (κ1) is 21.3. The predicted molar refractivity (Wildman–Crippen MR) is 125 cm³/mol. The molecule has 1 unspecified atom stereocenters. The molecule has 6 heteroatoms. The summed E-state index contributed by atoms with van der Waals surface area (Å²) in [5, 5.41) is 15.2. The van der Waals surface area contributed by atoms with Crippen LogP contribution < -0.4 is 0 Å². The van der Waals surface area contributed by atoms with Crippen molar-refractivity contribution in [2.45, 2.75) is 19.4 Å². The number of hydrogen-bond donors (Lipinski definition) is 1. The van der Waals surface area contributed by atoms with Gasteiger partial charge < -0.3 is 14.9 Å². The van der Waals surface area contributed by atoms with Gasteiger partial charge in [0.2, 0.25) is 0 Å². The second-order valence-corrected chi connectivity index (χ2v) is 9.09. The average Bonchev–Trinajstić information content (AvgIpc) is 3.28. The SMILES string of the molecule is Cc1ccsc1C1/C(=C(\O)c2cccc3ccccc23)C(=O)C(=O)N1CCCN(C)C. The summed E-state index contributed by atoms with van der Waals surface area (Å²) < 4.78 is 0. The van der Waals surface area contributed by atoms with Crippen LogP contribution in [-0.2, 0) is 9.59 Å². The fourth-order valence-electron chi connectivity index (χ4n) is 4.18. The molecule has 1 aliphatic rings. The Morgan fingerprint density at radius 3 is 2.55 bits per heavy atom. The fourth-order valence-corrected chi connectivity index (χ4v) is 5.23. The molecule has 4 rings (SSSR count). The fraction of sp³-hybridized carbons (Fsp3) is 0.280. The Morgan fingerprint density at radius 1 is 1.10 bits per heavy atom. The molecule has 1 atom stereocenters. The molecule has 0 aliphatic carbocycles. The van der Waals surface area contributed by atoms with Crippen LogP contribution in [0.2, 0.25) is 0 Å². The Morgan fingerprint density at radius 2 is 1.84 bits per heavy atom. The molecule has 0 saturated carbocycles. The van der Waals surface area contributed by atoms with E-state index in [0.29, 0.717) is 12.1 Å². The number of Topliss-reactive ketones (excluding diaryl/α,β-unsaturated/α-hetero) is 1. The second-order valence-electron chi connectivity index (χ2n) is 8.14. The molecular formula is C25H26N2O3S. The highest BCUT2D eigenvalue weighted by Crippen LogP contribution is 2.43. The summed E-state index contributed by atoms with van der Waals surface area (Å²) in [4.78, 5) is 30.8. The summed E-state index contributed by atoms with van der Waals surface area (Å²) in [6.45, 7) is 3.24. The molecule has 5 nitrogen and oxygen atoms in total. The molecular weight excluding hydrogens is 408 g/mol. The first-order valence-corrected chi connectivity index (χ1v) is 11.2. The van der Waals surface area contributed by atoms with Crippen molar-refractivity contribution in [1.29, 1.82) is 0 Å². The van der Waals surface area contributed by atoms with Crippen molar-refractivity contribution in [2.24, 2.45) is 0 Å². The van der Waals surface area contributed by atoms with Crippen molar-refractivity contribution in [3.05, 3.63) is 75.5 Å². The number of fused-ring (bicyclic) bond motifs is 1. The van der Waals surface area contributed by atoms with Gasteiger partial charge in [-0.05, 0) is 61.8 Å². The lowest BCUT2D eigenvalue weighted by atomic mass is 9.95. The van der Waals surface area contributed by atoms with Crippen molar-refractivity contribution >= 4 is 39.6 Å². The van der Waals surface area contributed by atoms with Gasteiger partial charge >= 0.3 is 0 Å². The van der Waals surface area contributed by atoms with Gasteiger partial charge in [0, 0.05) is 17.0 Å². The van der Waals surface area contributed by atoms with Crippen molar-refractivity contribution in [3.63, 3.8) is 0 Å². The molecule has 1 saturated heterocycles. The van der Waals surface area contributed by atoms with Crippen molar-refractivity contribution in [1.82, 2.24) is 9.80 Å². The Hall–Kier alpha value is -2.96. The van der Waals surface area contributed by atoms with E-state index in [4.69, 9.17) is 0 Å². The molecule has 2 aromatic carbocycles. The third-order valence-electron chi connectivity index (χ3n) is 5.74. The molecule has 1 fully saturated rings. The minimum absolute atomic E-state index is 0.108. The van der Waals surface area contributed by atoms with Gasteiger partial charge in [0.15, 0.2) is 0 Å². The Balaban J connectivity index is 1.87. The molecule has 0 radical (unpaired) electrons. The number of rotatable bonds is 6. The summed E-state index contributed by atoms with van der Waals surface area (Å²) in [5.41, 5.74) is 1.76. The summed E-state index contributed by atoms with van der Waals surface area (Å²) in [7, 11) is 3.96. The van der Waals surface area contributed by atoms with Crippen molar-refractivity contribution < 1.29 is 14.7 Å². The van der Waals surface area contributed by atoms with Gasteiger partial charge in [-0.1, -0.05) is 42.5 Å². The first-order valence-electron chi connectivity index (χ1n) is 10.4. The second kappa shape index (κ2) is 8.65. The monoisotopic (exact) mass is 434 g/mol. The summed E-state index contributed by atoms with van der Waals surface area (Å²) in [6, 6.07) is 14.8. The maximum Gasteiger partial charge on any atom is 0.295 e. The quantitative estimate of drug-likeness (QED) is 0.350. The van der Waals surface area contributed by atoms with Gasteiger partial charge in [0.1, 0.15) is 5.76 Å². The minimum Gasteiger partial charge on any atom is -0.507 e. The number of thiophene rings is 1. The Kier molecular flexibility index (Phi) is 5.94. The number of amides is 1. The van der Waals surface area contributed by atoms with Gasteiger partial charge in [-0.25, -0.2) is 0 Å². The van der Waals surface area contributed by atoms with Crippen LogP contribution in [0.25, 0.3) is 16.5 Å². The van der Waals surface area contributed by atoms with E-state index >= 15 is 0 Å². The van der Waals surface area contributed by atoms with E-state index in [-0.39, 0.29) is 11.3 Å². The van der Waals surface area contributed by atoms with Gasteiger partial charge in [-0.2, -0.15) is 0 Å². The first-order chi connectivity index (χ1) is 14.9. The number of aliphatic hydroxyl groups excluding tert-OH is 1. The average molecular weight is 435 g/mol. The number of nitrogens with zero attached hydrogens (tertiary/aromatic N) is 2. The molecule has 1 amide bonds. The molecule has 0 spiro atoms. The molecule has 0 bridgehead atoms.